The van der Waals surface area contributed by atoms with Crippen LogP contribution in [0.15, 0.2) is 59.4 Å². The smallest absolute Gasteiger partial charge is 0.266 e. The van der Waals surface area contributed by atoms with Gasteiger partial charge in [0.2, 0.25) is 0 Å². The number of benzene rings is 3. The fraction of sp³-hybridized carbons (Fsp3) is 0.120. The normalized spacial score (nSPS) is 10.8. The van der Waals surface area contributed by atoms with E-state index in [1.165, 1.54) is 35.9 Å². The number of rotatable bonds is 4. The van der Waals surface area contributed by atoms with Crippen molar-refractivity contribution in [1.29, 1.82) is 0 Å². The molecule has 0 spiro atoms. The molecule has 0 fully saturated rings. The minimum Gasteiger partial charge on any atom is -0.355 e. The number of halogens is 1. The third kappa shape index (κ3) is 4.13. The van der Waals surface area contributed by atoms with Gasteiger partial charge in [-0.2, -0.15) is 0 Å². The zero-order valence-corrected chi connectivity index (χ0v) is 19.5. The van der Waals surface area contributed by atoms with E-state index in [2.05, 4.69) is 15.6 Å². The minimum atomic E-state index is -0.698. The lowest BCUT2D eigenvalue weighted by molar-refractivity contribution is 0.0957. The number of hydrogen-bond donors (Lipinski definition) is 3. The highest BCUT2D eigenvalue weighted by Gasteiger charge is 2.15. The molecule has 4 aromatic rings. The average molecular weight is 477 g/mol. The third-order valence-corrected chi connectivity index (χ3v) is 5.96. The van der Waals surface area contributed by atoms with Gasteiger partial charge in [0, 0.05) is 18.3 Å². The number of carbonyl (C=O) groups excluding carboxylic acids is 2. The summed E-state index contributed by atoms with van der Waals surface area (Å²) in [6.07, 6.45) is 0. The number of aromatic amines is 1. The van der Waals surface area contributed by atoms with Gasteiger partial charge in [-0.15, -0.1) is 0 Å². The van der Waals surface area contributed by atoms with Gasteiger partial charge >= 0.3 is 0 Å². The summed E-state index contributed by atoms with van der Waals surface area (Å²) < 4.78 is 15.5. The van der Waals surface area contributed by atoms with Crippen molar-refractivity contribution in [2.24, 2.45) is 0 Å². The van der Waals surface area contributed by atoms with Gasteiger partial charge in [-0.1, -0.05) is 12.1 Å². The van der Waals surface area contributed by atoms with Crippen LogP contribution in [0.4, 0.5) is 10.1 Å². The molecule has 34 heavy (non-hydrogen) atoms. The van der Waals surface area contributed by atoms with E-state index in [-0.39, 0.29) is 27.1 Å². The van der Waals surface area contributed by atoms with Crippen LogP contribution in [-0.4, -0.2) is 28.4 Å². The largest absolute Gasteiger partial charge is 0.355 e. The first kappa shape index (κ1) is 23.1. The van der Waals surface area contributed by atoms with E-state index >= 15 is 0 Å². The second-order valence-electron chi connectivity index (χ2n) is 7.78. The maximum Gasteiger partial charge on any atom is 0.266 e. The highest BCUT2D eigenvalue weighted by atomic mass is 32.1. The Bertz CT molecular complexity index is 1590. The summed E-state index contributed by atoms with van der Waals surface area (Å²) in [6, 6.07) is 14.0. The number of aryl methyl sites for hydroxylation is 1. The second kappa shape index (κ2) is 9.03. The Kier molecular flexibility index (Phi) is 6.12. The lowest BCUT2D eigenvalue weighted by Gasteiger charge is -2.13. The minimum absolute atomic E-state index is 0.185. The van der Waals surface area contributed by atoms with Crippen LogP contribution in [-0.2, 0) is 0 Å². The van der Waals surface area contributed by atoms with Crippen molar-refractivity contribution < 1.29 is 14.0 Å². The second-order valence-corrected chi connectivity index (χ2v) is 8.16. The molecule has 2 amide bonds. The molecule has 3 aromatic carbocycles. The van der Waals surface area contributed by atoms with Crippen molar-refractivity contribution in [3.63, 3.8) is 0 Å². The Balaban J connectivity index is 1.72. The van der Waals surface area contributed by atoms with E-state index in [1.54, 1.807) is 6.07 Å². The summed E-state index contributed by atoms with van der Waals surface area (Å²) in [7, 11) is 1.39. The van der Waals surface area contributed by atoms with Crippen molar-refractivity contribution in [3.05, 3.63) is 97.8 Å². The van der Waals surface area contributed by atoms with Gasteiger partial charge in [0.1, 0.15) is 5.82 Å². The fourth-order valence-corrected chi connectivity index (χ4v) is 3.96. The number of fused-ring (bicyclic) bond motifs is 1. The molecular formula is C25H21FN4O3S. The SMILES string of the molecule is CNC(=O)c1cc(NC(=O)c2ccc3c(=O)n(-c4cccc(C)c4C)c(=S)[nH]c3c2)ccc1F. The monoisotopic (exact) mass is 476 g/mol. The molecule has 9 heteroatoms. The molecule has 0 atom stereocenters. The van der Waals surface area contributed by atoms with Crippen molar-refractivity contribution in [2.45, 2.75) is 13.8 Å². The summed E-state index contributed by atoms with van der Waals surface area (Å²) in [6.45, 7) is 3.88. The van der Waals surface area contributed by atoms with Crippen LogP contribution in [0.5, 0.6) is 0 Å². The zero-order valence-electron chi connectivity index (χ0n) is 18.7. The van der Waals surface area contributed by atoms with Gasteiger partial charge in [-0.05, 0) is 79.7 Å². The Morgan fingerprint density at radius 1 is 1.03 bits per heavy atom. The van der Waals surface area contributed by atoms with Crippen LogP contribution in [0.25, 0.3) is 16.6 Å². The Labute approximate surface area is 199 Å². The quantitative estimate of drug-likeness (QED) is 0.380. The molecule has 0 saturated heterocycles. The highest BCUT2D eigenvalue weighted by Crippen LogP contribution is 2.20. The van der Waals surface area contributed by atoms with Crippen LogP contribution in [0.2, 0.25) is 0 Å². The first-order chi connectivity index (χ1) is 16.2. The number of carbonyl (C=O) groups is 2. The van der Waals surface area contributed by atoms with Gasteiger partial charge in [0.25, 0.3) is 17.4 Å². The Hall–Kier alpha value is -4.11. The molecule has 1 heterocycles. The fourth-order valence-electron chi connectivity index (χ4n) is 3.67. The average Bonchev–Trinajstić information content (AvgIpc) is 2.82. The van der Waals surface area contributed by atoms with Gasteiger partial charge in [-0.3, -0.25) is 19.0 Å². The van der Waals surface area contributed by atoms with Crippen molar-refractivity contribution in [1.82, 2.24) is 14.9 Å². The van der Waals surface area contributed by atoms with Crippen LogP contribution in [0.3, 0.4) is 0 Å². The number of amides is 2. The topological polar surface area (TPSA) is 96.0 Å². The first-order valence-electron chi connectivity index (χ1n) is 10.4. The molecule has 3 N–H and O–H groups in total. The maximum absolute atomic E-state index is 13.9. The Morgan fingerprint density at radius 3 is 2.53 bits per heavy atom. The molecule has 0 radical (unpaired) electrons. The van der Waals surface area contributed by atoms with E-state index in [0.717, 1.165) is 17.2 Å². The van der Waals surface area contributed by atoms with Crippen molar-refractivity contribution >= 4 is 40.6 Å². The zero-order chi connectivity index (χ0) is 24.6. The van der Waals surface area contributed by atoms with Crippen molar-refractivity contribution in [2.75, 3.05) is 12.4 Å². The van der Waals surface area contributed by atoms with E-state index in [9.17, 15) is 18.8 Å². The van der Waals surface area contributed by atoms with Crippen molar-refractivity contribution in [3.8, 4) is 5.69 Å². The lowest BCUT2D eigenvalue weighted by Crippen LogP contribution is -2.22. The van der Waals surface area contributed by atoms with Gasteiger partial charge in [-0.25, -0.2) is 4.39 Å². The van der Waals surface area contributed by atoms with E-state index in [4.69, 9.17) is 12.2 Å². The van der Waals surface area contributed by atoms with Crippen LogP contribution in [0, 0.1) is 24.4 Å². The number of hydrogen-bond acceptors (Lipinski definition) is 4. The predicted octanol–water partition coefficient (Wildman–Crippen LogP) is 4.42. The number of nitrogens with one attached hydrogen (secondary N) is 3. The predicted molar refractivity (Wildman–Crippen MR) is 132 cm³/mol. The van der Waals surface area contributed by atoms with Gasteiger partial charge < -0.3 is 15.6 Å². The molecule has 172 valence electrons. The van der Waals surface area contributed by atoms with E-state index in [1.807, 2.05) is 32.0 Å². The summed E-state index contributed by atoms with van der Waals surface area (Å²) >= 11 is 5.46. The molecule has 4 rings (SSSR count). The van der Waals surface area contributed by atoms with Gasteiger partial charge in [0.05, 0.1) is 22.2 Å². The summed E-state index contributed by atoms with van der Waals surface area (Å²) in [5.41, 5.74) is 3.10. The van der Waals surface area contributed by atoms with E-state index < -0.39 is 17.6 Å². The molecule has 0 aliphatic heterocycles. The number of H-pyrrole nitrogens is 1. The molecular weight excluding hydrogens is 455 g/mol. The molecule has 1 aromatic heterocycles. The first-order valence-corrected chi connectivity index (χ1v) is 10.8. The summed E-state index contributed by atoms with van der Waals surface area (Å²) in [5, 5.41) is 5.36. The maximum atomic E-state index is 13.9. The van der Waals surface area contributed by atoms with Gasteiger partial charge in [0.15, 0.2) is 4.77 Å². The molecule has 0 saturated carbocycles. The molecule has 7 nitrogen and oxygen atoms in total. The van der Waals surface area contributed by atoms with Crippen LogP contribution >= 0.6 is 12.2 Å². The summed E-state index contributed by atoms with van der Waals surface area (Å²) in [4.78, 5) is 40.9. The third-order valence-electron chi connectivity index (χ3n) is 5.67. The summed E-state index contributed by atoms with van der Waals surface area (Å²) in [5.74, 6) is -1.79. The highest BCUT2D eigenvalue weighted by molar-refractivity contribution is 7.71. The Morgan fingerprint density at radius 2 is 1.79 bits per heavy atom. The molecule has 0 aliphatic rings. The number of aromatic nitrogens is 2. The van der Waals surface area contributed by atoms with E-state index in [0.29, 0.717) is 16.6 Å². The number of anilines is 1. The lowest BCUT2D eigenvalue weighted by atomic mass is 10.1. The van der Waals surface area contributed by atoms with Crippen LogP contribution in [0.1, 0.15) is 31.8 Å². The van der Waals surface area contributed by atoms with Crippen LogP contribution < -0.4 is 16.2 Å². The standard InChI is InChI=1S/C25H21FN4O3S/c1-13-5-4-6-21(14(13)2)30-24(33)17-9-7-15(11-20(17)29-25(30)34)22(31)28-16-8-10-19(26)18(12-16)23(32)27-3/h4-12H,1-3H3,(H,27,32)(H,28,31)(H,29,34). The number of nitrogens with zero attached hydrogens (tertiary/aromatic N) is 1. The molecule has 0 unspecified atom stereocenters. The molecule has 0 bridgehead atoms. The molecule has 0 aliphatic carbocycles.